The summed E-state index contributed by atoms with van der Waals surface area (Å²) in [6, 6.07) is 11.3. The van der Waals surface area contributed by atoms with Crippen LogP contribution in [0.1, 0.15) is 27.7 Å². The Bertz CT molecular complexity index is 1080. The molecule has 2 aliphatic rings. The highest BCUT2D eigenvalue weighted by Crippen LogP contribution is 2.43. The van der Waals surface area contributed by atoms with Gasteiger partial charge in [0.2, 0.25) is 5.95 Å². The summed E-state index contributed by atoms with van der Waals surface area (Å²) in [5.74, 6) is 0.479. The Morgan fingerprint density at radius 3 is 2.70 bits per heavy atom. The molecule has 0 unspecified atom stereocenters. The molecule has 6 nitrogen and oxygen atoms in total. The molecular formula is C22H24ClFN4O2. The fourth-order valence-corrected chi connectivity index (χ4v) is 4.75. The second-order valence-corrected chi connectivity index (χ2v) is 7.94. The smallest absolute Gasteiger partial charge is 0.277 e. The van der Waals surface area contributed by atoms with E-state index in [9.17, 15) is 4.79 Å². The van der Waals surface area contributed by atoms with Crippen LogP contribution in [0, 0.1) is 24.7 Å². The summed E-state index contributed by atoms with van der Waals surface area (Å²) < 4.78 is 21.7. The molecule has 8 heteroatoms. The Morgan fingerprint density at radius 1 is 1.20 bits per heavy atom. The first-order valence-corrected chi connectivity index (χ1v) is 9.86. The van der Waals surface area contributed by atoms with Gasteiger partial charge in [0.05, 0.1) is 13.2 Å². The number of nitrogens with one attached hydrogen (secondary N) is 1. The summed E-state index contributed by atoms with van der Waals surface area (Å²) in [5.41, 5.74) is 2.28. The molecule has 2 fully saturated rings. The van der Waals surface area contributed by atoms with Crippen molar-refractivity contribution in [1.29, 1.82) is 0 Å². The normalized spacial score (nSPS) is 22.8. The molecule has 0 spiro atoms. The van der Waals surface area contributed by atoms with Crippen molar-refractivity contribution in [1.82, 2.24) is 19.6 Å². The molecule has 2 aromatic heterocycles. The minimum absolute atomic E-state index is 0. The van der Waals surface area contributed by atoms with Crippen LogP contribution >= 0.6 is 12.4 Å². The summed E-state index contributed by atoms with van der Waals surface area (Å²) in [6.45, 7) is 4.19. The quantitative estimate of drug-likeness (QED) is 0.693. The molecule has 3 atom stereocenters. The predicted molar refractivity (Wildman–Crippen MR) is 114 cm³/mol. The second kappa shape index (κ2) is 7.89. The van der Waals surface area contributed by atoms with E-state index in [2.05, 4.69) is 10.3 Å². The Balaban J connectivity index is 0.00000218. The molecule has 2 aliphatic heterocycles. The standard InChI is InChI=1S/C22H23FN4O2.ClH/c1-13-3-8-18-25-19(21(23)26(18)11-13)22(28)27-12-15-9-24-10-17(15)20(27)14-4-6-16(29-2)7-5-14;/h3-8,11,15,17,20,24H,9-10,12H2,1-2H3;1H/t15-,17-,20-;/m0./s1. The van der Waals surface area contributed by atoms with Gasteiger partial charge in [-0.25, -0.2) is 4.98 Å². The Labute approximate surface area is 180 Å². The van der Waals surface area contributed by atoms with Crippen molar-refractivity contribution in [2.45, 2.75) is 13.0 Å². The number of hydrogen-bond donors (Lipinski definition) is 1. The van der Waals surface area contributed by atoms with E-state index in [4.69, 9.17) is 4.74 Å². The average Bonchev–Trinajstić information content (AvgIpc) is 3.41. The maximum absolute atomic E-state index is 15.1. The van der Waals surface area contributed by atoms with Gasteiger partial charge in [-0.3, -0.25) is 9.20 Å². The number of aromatic nitrogens is 2. The fraction of sp³-hybridized carbons (Fsp3) is 0.364. The summed E-state index contributed by atoms with van der Waals surface area (Å²) in [6.07, 6.45) is 1.66. The molecule has 4 heterocycles. The van der Waals surface area contributed by atoms with E-state index in [1.54, 1.807) is 24.3 Å². The fourth-order valence-electron chi connectivity index (χ4n) is 4.75. The van der Waals surface area contributed by atoms with Gasteiger partial charge < -0.3 is 15.0 Å². The van der Waals surface area contributed by atoms with E-state index in [0.29, 0.717) is 24.0 Å². The number of methoxy groups -OCH3 is 1. The lowest BCUT2D eigenvalue weighted by atomic mass is 9.89. The number of hydrogen-bond acceptors (Lipinski definition) is 4. The van der Waals surface area contributed by atoms with E-state index in [1.165, 1.54) is 4.40 Å². The molecule has 0 bridgehead atoms. The molecular weight excluding hydrogens is 407 g/mol. The lowest BCUT2D eigenvalue weighted by molar-refractivity contribution is 0.0703. The number of likely N-dealkylation sites (tertiary alicyclic amines) is 1. The van der Waals surface area contributed by atoms with Gasteiger partial charge in [-0.05, 0) is 42.2 Å². The number of fused-ring (bicyclic) bond motifs is 2. The van der Waals surface area contributed by atoms with Crippen molar-refractivity contribution in [3.8, 4) is 5.75 Å². The minimum atomic E-state index is -0.600. The first-order valence-electron chi connectivity index (χ1n) is 9.86. The number of imidazole rings is 1. The van der Waals surface area contributed by atoms with Gasteiger partial charge in [-0.2, -0.15) is 4.39 Å². The summed E-state index contributed by atoms with van der Waals surface area (Å²) >= 11 is 0. The van der Waals surface area contributed by atoms with E-state index < -0.39 is 5.95 Å². The molecule has 0 radical (unpaired) electrons. The zero-order chi connectivity index (χ0) is 20.1. The van der Waals surface area contributed by atoms with Crippen LogP contribution in [-0.4, -0.2) is 46.9 Å². The van der Waals surface area contributed by atoms with Gasteiger partial charge in [0.15, 0.2) is 5.69 Å². The molecule has 3 aromatic rings. The molecule has 2 saturated heterocycles. The molecule has 1 N–H and O–H groups in total. The number of pyridine rings is 1. The highest BCUT2D eigenvalue weighted by Gasteiger charge is 2.47. The number of carbonyl (C=O) groups excluding carboxylic acids is 1. The summed E-state index contributed by atoms with van der Waals surface area (Å²) in [4.78, 5) is 19.5. The van der Waals surface area contributed by atoms with Crippen LogP contribution in [0.3, 0.4) is 0 Å². The van der Waals surface area contributed by atoms with Gasteiger partial charge in [-0.15, -0.1) is 12.4 Å². The van der Waals surface area contributed by atoms with Gasteiger partial charge in [0, 0.05) is 31.7 Å². The van der Waals surface area contributed by atoms with Crippen LogP contribution < -0.4 is 10.1 Å². The zero-order valence-electron chi connectivity index (χ0n) is 16.8. The number of rotatable bonds is 3. The SMILES string of the molecule is COc1ccc([C@H]2[C@H]3CNC[C@H]3CN2C(=O)c2nc3ccc(C)cn3c2F)cc1.Cl. The van der Waals surface area contributed by atoms with Crippen LogP contribution in [0.15, 0.2) is 42.6 Å². The van der Waals surface area contributed by atoms with Crippen molar-refractivity contribution in [3.63, 3.8) is 0 Å². The van der Waals surface area contributed by atoms with Crippen LogP contribution in [0.25, 0.3) is 5.65 Å². The average molecular weight is 431 g/mol. The van der Waals surface area contributed by atoms with Crippen molar-refractivity contribution in [2.75, 3.05) is 26.7 Å². The minimum Gasteiger partial charge on any atom is -0.497 e. The van der Waals surface area contributed by atoms with E-state index in [0.717, 1.165) is 30.0 Å². The predicted octanol–water partition coefficient (Wildman–Crippen LogP) is 3.24. The van der Waals surface area contributed by atoms with Crippen molar-refractivity contribution in [2.24, 2.45) is 11.8 Å². The number of benzene rings is 1. The third kappa shape index (κ3) is 3.22. The number of aryl methyl sites for hydroxylation is 1. The van der Waals surface area contributed by atoms with Gasteiger partial charge in [-0.1, -0.05) is 18.2 Å². The summed E-state index contributed by atoms with van der Waals surface area (Å²) in [7, 11) is 1.63. The number of amides is 1. The third-order valence-electron chi connectivity index (χ3n) is 6.19. The Kier molecular flexibility index (Phi) is 5.42. The molecule has 158 valence electrons. The van der Waals surface area contributed by atoms with Crippen LogP contribution in [0.4, 0.5) is 4.39 Å². The monoisotopic (exact) mass is 430 g/mol. The number of halogens is 2. The van der Waals surface area contributed by atoms with E-state index >= 15 is 4.39 Å². The van der Waals surface area contributed by atoms with Crippen LogP contribution in [0.5, 0.6) is 5.75 Å². The lowest BCUT2D eigenvalue weighted by Crippen LogP contribution is -2.35. The van der Waals surface area contributed by atoms with Gasteiger partial charge >= 0.3 is 0 Å². The Morgan fingerprint density at radius 2 is 1.97 bits per heavy atom. The third-order valence-corrected chi connectivity index (χ3v) is 6.19. The molecule has 1 amide bonds. The first kappa shape index (κ1) is 20.6. The lowest BCUT2D eigenvalue weighted by Gasteiger charge is -2.28. The highest BCUT2D eigenvalue weighted by molar-refractivity contribution is 5.94. The Hall–Kier alpha value is -2.64. The first-order chi connectivity index (χ1) is 14.1. The molecule has 1 aromatic carbocycles. The van der Waals surface area contributed by atoms with Crippen LogP contribution in [-0.2, 0) is 0 Å². The largest absolute Gasteiger partial charge is 0.497 e. The number of carbonyl (C=O) groups is 1. The summed E-state index contributed by atoms with van der Waals surface area (Å²) in [5, 5.41) is 3.43. The van der Waals surface area contributed by atoms with E-state index in [1.807, 2.05) is 37.3 Å². The topological polar surface area (TPSA) is 58.9 Å². The van der Waals surface area contributed by atoms with Gasteiger partial charge in [0.25, 0.3) is 5.91 Å². The van der Waals surface area contributed by atoms with Crippen molar-refractivity contribution < 1.29 is 13.9 Å². The molecule has 0 saturated carbocycles. The van der Waals surface area contributed by atoms with Crippen molar-refractivity contribution in [3.05, 3.63) is 65.4 Å². The number of nitrogens with zero attached hydrogens (tertiary/aromatic N) is 3. The maximum Gasteiger partial charge on any atom is 0.277 e. The molecule has 30 heavy (non-hydrogen) atoms. The van der Waals surface area contributed by atoms with E-state index in [-0.39, 0.29) is 30.0 Å². The highest BCUT2D eigenvalue weighted by atomic mass is 35.5. The molecule has 0 aliphatic carbocycles. The zero-order valence-corrected chi connectivity index (χ0v) is 17.7. The van der Waals surface area contributed by atoms with Crippen molar-refractivity contribution >= 4 is 24.0 Å². The number of ether oxygens (including phenoxy) is 1. The second-order valence-electron chi connectivity index (χ2n) is 7.94. The maximum atomic E-state index is 15.1. The van der Waals surface area contributed by atoms with Gasteiger partial charge in [0.1, 0.15) is 11.4 Å². The molecule has 5 rings (SSSR count). The van der Waals surface area contributed by atoms with Crippen LogP contribution in [0.2, 0.25) is 0 Å².